The summed E-state index contributed by atoms with van der Waals surface area (Å²) in [5.41, 5.74) is 1.21. The second kappa shape index (κ2) is 8.91. The van der Waals surface area contributed by atoms with Gasteiger partial charge in [-0.05, 0) is 59.6 Å². The van der Waals surface area contributed by atoms with Gasteiger partial charge in [-0.2, -0.15) is 5.26 Å². The van der Waals surface area contributed by atoms with Gasteiger partial charge in [-0.25, -0.2) is 19.7 Å². The van der Waals surface area contributed by atoms with Crippen LogP contribution >= 0.6 is 0 Å². The monoisotopic (exact) mass is 489 g/mol. The molecule has 1 amide bonds. The molecule has 2 aromatic heterocycles. The highest BCUT2D eigenvalue weighted by molar-refractivity contribution is 5.75. The molecule has 2 fully saturated rings. The zero-order chi connectivity index (χ0) is 25.7. The molecule has 1 saturated heterocycles. The molecular weight excluding hydrogens is 454 g/mol. The van der Waals surface area contributed by atoms with Crippen LogP contribution in [0.15, 0.2) is 24.7 Å². The molecule has 0 aromatic carbocycles. The molecule has 3 aliphatic rings. The first-order valence-electron chi connectivity index (χ1n) is 12.9. The summed E-state index contributed by atoms with van der Waals surface area (Å²) < 4.78 is 5.68. The third kappa shape index (κ3) is 4.23. The predicted molar refractivity (Wildman–Crippen MR) is 137 cm³/mol. The topological polar surface area (TPSA) is 98.5 Å². The molecule has 0 radical (unpaired) electrons. The van der Waals surface area contributed by atoms with E-state index in [-0.39, 0.29) is 23.6 Å². The van der Waals surface area contributed by atoms with Gasteiger partial charge < -0.3 is 19.4 Å². The molecule has 2 atom stereocenters. The van der Waals surface area contributed by atoms with E-state index in [1.807, 2.05) is 31.7 Å². The maximum atomic E-state index is 12.9. The van der Waals surface area contributed by atoms with Crippen LogP contribution in [0.5, 0.6) is 0 Å². The molecule has 9 nitrogen and oxygen atoms in total. The van der Waals surface area contributed by atoms with Crippen LogP contribution in [-0.2, 0) is 10.2 Å². The number of rotatable bonds is 2. The van der Waals surface area contributed by atoms with E-state index >= 15 is 0 Å². The normalized spacial score (nSPS) is 23.1. The van der Waals surface area contributed by atoms with Gasteiger partial charge in [-0.1, -0.05) is 12.8 Å². The molecular formula is C27H35N7O2. The van der Waals surface area contributed by atoms with Crippen molar-refractivity contribution in [1.82, 2.24) is 19.9 Å². The fourth-order valence-corrected chi connectivity index (χ4v) is 6.00. The number of nitriles is 1. The molecule has 9 heteroatoms. The van der Waals surface area contributed by atoms with Gasteiger partial charge in [0.05, 0.1) is 11.6 Å². The first-order valence-corrected chi connectivity index (χ1v) is 12.9. The lowest BCUT2D eigenvalue weighted by Crippen LogP contribution is -2.59. The minimum Gasteiger partial charge on any atom is -0.444 e. The molecule has 36 heavy (non-hydrogen) atoms. The van der Waals surface area contributed by atoms with Crippen LogP contribution in [0.2, 0.25) is 0 Å². The van der Waals surface area contributed by atoms with E-state index in [4.69, 9.17) is 14.7 Å². The van der Waals surface area contributed by atoms with Crippen LogP contribution < -0.4 is 9.80 Å². The molecule has 2 aromatic rings. The number of hydrogen-bond acceptors (Lipinski definition) is 8. The minimum atomic E-state index is -0.528. The number of nitrogens with zero attached hydrogens (tertiary/aromatic N) is 7. The Bertz CT molecular complexity index is 1200. The zero-order valence-electron chi connectivity index (χ0n) is 21.9. The van der Waals surface area contributed by atoms with Crippen LogP contribution in [0.1, 0.15) is 71.4 Å². The number of amides is 1. The summed E-state index contributed by atoms with van der Waals surface area (Å²) in [6.45, 7) is 11.9. The van der Waals surface area contributed by atoms with Gasteiger partial charge in [0.1, 0.15) is 29.4 Å². The van der Waals surface area contributed by atoms with E-state index < -0.39 is 5.60 Å². The Hall–Kier alpha value is -3.41. The van der Waals surface area contributed by atoms with E-state index in [2.05, 4.69) is 34.7 Å². The Morgan fingerprint density at radius 3 is 2.53 bits per heavy atom. The van der Waals surface area contributed by atoms with Crippen molar-refractivity contribution in [2.75, 3.05) is 29.4 Å². The number of aromatic nitrogens is 3. The minimum absolute atomic E-state index is 0.0207. The Kier molecular flexibility index (Phi) is 6.01. The molecule has 1 spiro atoms. The van der Waals surface area contributed by atoms with Gasteiger partial charge in [0.15, 0.2) is 0 Å². The number of ether oxygens (including phenoxy) is 1. The van der Waals surface area contributed by atoms with Gasteiger partial charge in [0, 0.05) is 48.9 Å². The van der Waals surface area contributed by atoms with Crippen molar-refractivity contribution in [2.45, 2.75) is 83.4 Å². The molecule has 1 saturated carbocycles. The number of piperazine rings is 1. The van der Waals surface area contributed by atoms with Crippen LogP contribution in [0.3, 0.4) is 0 Å². The maximum absolute atomic E-state index is 12.9. The van der Waals surface area contributed by atoms with Gasteiger partial charge in [0.2, 0.25) is 0 Å². The number of carbonyl (C=O) groups is 1. The molecule has 2 aliphatic heterocycles. The van der Waals surface area contributed by atoms with Crippen molar-refractivity contribution in [1.29, 1.82) is 5.26 Å². The molecule has 4 heterocycles. The van der Waals surface area contributed by atoms with Gasteiger partial charge in [-0.15, -0.1) is 0 Å². The highest BCUT2D eigenvalue weighted by Gasteiger charge is 2.50. The highest BCUT2D eigenvalue weighted by atomic mass is 16.6. The average Bonchev–Trinajstić information content (AvgIpc) is 3.44. The van der Waals surface area contributed by atoms with Gasteiger partial charge in [0.25, 0.3) is 0 Å². The van der Waals surface area contributed by atoms with Gasteiger partial charge >= 0.3 is 6.09 Å². The Morgan fingerprint density at radius 1 is 1.11 bits per heavy atom. The van der Waals surface area contributed by atoms with E-state index in [9.17, 15) is 10.1 Å². The van der Waals surface area contributed by atoms with E-state index in [1.165, 1.54) is 18.4 Å². The Labute approximate surface area is 213 Å². The van der Waals surface area contributed by atoms with E-state index in [1.54, 1.807) is 18.6 Å². The molecule has 0 N–H and O–H groups in total. The molecule has 5 rings (SSSR count). The summed E-state index contributed by atoms with van der Waals surface area (Å²) in [6, 6.07) is 5.84. The lowest BCUT2D eigenvalue weighted by atomic mass is 9.81. The number of carbonyl (C=O) groups excluding carboxylic acids is 1. The molecule has 190 valence electrons. The SMILES string of the molecule is CC1CN(C(=O)OC(C)(C)C)[C@@H](C)CN1c1ncnc2c1C1(CCCC1)CN2c1cc(C#N)ccn1. The lowest BCUT2D eigenvalue weighted by Gasteiger charge is -2.45. The van der Waals surface area contributed by atoms with Crippen LogP contribution in [0, 0.1) is 11.3 Å². The highest BCUT2D eigenvalue weighted by Crippen LogP contribution is 2.54. The summed E-state index contributed by atoms with van der Waals surface area (Å²) in [6.07, 6.45) is 7.57. The maximum Gasteiger partial charge on any atom is 0.410 e. The lowest BCUT2D eigenvalue weighted by molar-refractivity contribution is 0.0129. The van der Waals surface area contributed by atoms with Crippen molar-refractivity contribution < 1.29 is 9.53 Å². The second-order valence-corrected chi connectivity index (χ2v) is 11.5. The van der Waals surface area contributed by atoms with Crippen molar-refractivity contribution in [2.24, 2.45) is 0 Å². The standard InChI is InChI=1S/C27H35N7O2/c1-18-15-33(25(35)36-26(3,4)5)19(2)14-32(18)23-22-24(31-17-30-23)34(16-27(22)9-6-7-10-27)21-12-20(13-28)8-11-29-21/h8,11-12,17-19H,6-7,9-10,14-16H2,1-5H3/t18?,19-/m0/s1. The Balaban J connectivity index is 1.51. The third-order valence-corrected chi connectivity index (χ3v) is 7.65. The van der Waals surface area contributed by atoms with Gasteiger partial charge in [-0.3, -0.25) is 0 Å². The van der Waals surface area contributed by atoms with Crippen molar-refractivity contribution in [3.05, 3.63) is 35.8 Å². The van der Waals surface area contributed by atoms with E-state index in [0.29, 0.717) is 18.7 Å². The Morgan fingerprint density at radius 2 is 1.83 bits per heavy atom. The zero-order valence-corrected chi connectivity index (χ0v) is 21.9. The largest absolute Gasteiger partial charge is 0.444 e. The number of fused-ring (bicyclic) bond motifs is 2. The summed E-state index contributed by atoms with van der Waals surface area (Å²) in [7, 11) is 0. The van der Waals surface area contributed by atoms with Crippen molar-refractivity contribution >= 4 is 23.5 Å². The molecule has 1 unspecified atom stereocenters. The quantitative estimate of drug-likeness (QED) is 0.606. The summed E-state index contributed by atoms with van der Waals surface area (Å²) in [5.74, 6) is 2.60. The third-order valence-electron chi connectivity index (χ3n) is 7.65. The average molecular weight is 490 g/mol. The molecule has 1 aliphatic carbocycles. The number of anilines is 3. The summed E-state index contributed by atoms with van der Waals surface area (Å²) >= 11 is 0. The van der Waals surface area contributed by atoms with Crippen LogP contribution in [0.25, 0.3) is 0 Å². The van der Waals surface area contributed by atoms with Crippen LogP contribution in [0.4, 0.5) is 22.2 Å². The van der Waals surface area contributed by atoms with E-state index in [0.717, 1.165) is 36.8 Å². The first kappa shape index (κ1) is 24.3. The summed E-state index contributed by atoms with van der Waals surface area (Å²) in [4.78, 5) is 33.4. The fourth-order valence-electron chi connectivity index (χ4n) is 6.00. The predicted octanol–water partition coefficient (Wildman–Crippen LogP) is 4.54. The fraction of sp³-hybridized carbons (Fsp3) is 0.593. The van der Waals surface area contributed by atoms with Crippen molar-refractivity contribution in [3.8, 4) is 6.07 Å². The summed E-state index contributed by atoms with van der Waals surface area (Å²) in [5, 5.41) is 9.43. The van der Waals surface area contributed by atoms with Crippen molar-refractivity contribution in [3.63, 3.8) is 0 Å². The first-order chi connectivity index (χ1) is 17.1. The van der Waals surface area contributed by atoms with Crippen LogP contribution in [-0.4, -0.2) is 63.3 Å². The number of pyridine rings is 1. The number of hydrogen-bond donors (Lipinski definition) is 0. The smallest absolute Gasteiger partial charge is 0.410 e. The molecule has 0 bridgehead atoms. The second-order valence-electron chi connectivity index (χ2n) is 11.5.